The minimum absolute atomic E-state index is 0.261. The first-order chi connectivity index (χ1) is 26.0. The zero-order valence-corrected chi connectivity index (χ0v) is 32.7. The van der Waals surface area contributed by atoms with Crippen LogP contribution in [0.15, 0.2) is 146 Å². The van der Waals surface area contributed by atoms with Gasteiger partial charge in [0.05, 0.1) is 6.10 Å². The number of carbonyl (C=O) groups is 1. The molecule has 2 nitrogen and oxygen atoms in total. The van der Waals surface area contributed by atoms with Crippen LogP contribution in [-0.4, -0.2) is 10.9 Å². The summed E-state index contributed by atoms with van der Waals surface area (Å²) in [4.78, 5) is 12.3. The lowest BCUT2D eigenvalue weighted by atomic mass is 9.87. The second-order valence-corrected chi connectivity index (χ2v) is 14.9. The Balaban J connectivity index is 0.000000133. The number of aliphatic hydroxyl groups is 1. The van der Waals surface area contributed by atoms with E-state index in [4.69, 9.17) is 0 Å². The summed E-state index contributed by atoms with van der Waals surface area (Å²) in [6.45, 7) is 4.00. The molecule has 53 heavy (non-hydrogen) atoms. The first-order valence-electron chi connectivity index (χ1n) is 19.4. The Hall–Kier alpha value is -4.57. The molecule has 0 saturated carbocycles. The lowest BCUT2D eigenvalue weighted by Crippen LogP contribution is -2.10. The third-order valence-electron chi connectivity index (χ3n) is 10.4. The third kappa shape index (κ3) is 9.71. The molecule has 1 N–H and O–H groups in total. The van der Waals surface area contributed by atoms with Gasteiger partial charge in [-0.2, -0.15) is 0 Å². The van der Waals surface area contributed by atoms with E-state index in [9.17, 15) is 9.90 Å². The van der Waals surface area contributed by atoms with E-state index in [-0.39, 0.29) is 6.10 Å². The smallest absolute Gasteiger partial charge is 0.163 e. The van der Waals surface area contributed by atoms with Crippen molar-refractivity contribution >= 4 is 21.7 Å². The Morgan fingerprint density at radius 2 is 0.906 bits per heavy atom. The zero-order chi connectivity index (χ0) is 37.0. The SMILES string of the molecule is BrC1CCCc2cc(-c3ccccc3)ccc21.CC.O=C1CCCc2cc(-c3ccccc3)ccc21.OC1CCCc2cc(-c3ccccc3)ccc21. The molecule has 270 valence electrons. The maximum absolute atomic E-state index is 11.7. The molecule has 0 radical (unpaired) electrons. The number of hydrogen-bond donors (Lipinski definition) is 1. The topological polar surface area (TPSA) is 37.3 Å². The molecule has 2 unspecified atom stereocenters. The monoisotopic (exact) mass is 762 g/mol. The molecule has 3 aliphatic carbocycles. The zero-order valence-electron chi connectivity index (χ0n) is 31.1. The average molecular weight is 764 g/mol. The maximum Gasteiger partial charge on any atom is 0.163 e. The number of rotatable bonds is 3. The summed E-state index contributed by atoms with van der Waals surface area (Å²) in [5.74, 6) is 0.297. The van der Waals surface area contributed by atoms with Gasteiger partial charge in [-0.1, -0.05) is 175 Å². The van der Waals surface area contributed by atoms with E-state index in [0.29, 0.717) is 17.0 Å². The van der Waals surface area contributed by atoms with Gasteiger partial charge in [-0.05, 0) is 113 Å². The van der Waals surface area contributed by atoms with E-state index in [1.54, 1.807) is 0 Å². The fraction of sp³-hybridized carbons (Fsp3) is 0.260. The lowest BCUT2D eigenvalue weighted by molar-refractivity contribution is 0.0972. The predicted octanol–water partition coefficient (Wildman–Crippen LogP) is 13.7. The van der Waals surface area contributed by atoms with Crippen molar-refractivity contribution in [3.8, 4) is 33.4 Å². The average Bonchev–Trinajstić information content (AvgIpc) is 3.23. The number of alkyl halides is 1. The minimum Gasteiger partial charge on any atom is -0.388 e. The second kappa shape index (κ2) is 19.0. The first-order valence-corrected chi connectivity index (χ1v) is 20.4. The van der Waals surface area contributed by atoms with Gasteiger partial charge in [-0.3, -0.25) is 4.79 Å². The molecule has 0 aromatic heterocycles. The van der Waals surface area contributed by atoms with Gasteiger partial charge < -0.3 is 5.11 Å². The van der Waals surface area contributed by atoms with Crippen molar-refractivity contribution < 1.29 is 9.90 Å². The van der Waals surface area contributed by atoms with Crippen LogP contribution in [0, 0.1) is 0 Å². The highest BCUT2D eigenvalue weighted by Gasteiger charge is 2.19. The molecule has 6 aromatic carbocycles. The molecular weight excluding hydrogens is 712 g/mol. The largest absolute Gasteiger partial charge is 0.388 e. The van der Waals surface area contributed by atoms with Crippen LogP contribution >= 0.6 is 15.9 Å². The fourth-order valence-electron chi connectivity index (χ4n) is 7.62. The van der Waals surface area contributed by atoms with Crippen molar-refractivity contribution in [1.82, 2.24) is 0 Å². The number of Topliss-reactive ketones (excluding diaryl/α,β-unsaturated/α-hetero) is 1. The third-order valence-corrected chi connectivity index (χ3v) is 11.3. The molecule has 3 heteroatoms. The molecule has 0 bridgehead atoms. The summed E-state index contributed by atoms with van der Waals surface area (Å²) in [5, 5.41) is 9.92. The van der Waals surface area contributed by atoms with Gasteiger partial charge in [0, 0.05) is 16.8 Å². The van der Waals surface area contributed by atoms with E-state index in [1.165, 1.54) is 74.9 Å². The Morgan fingerprint density at radius 3 is 1.45 bits per heavy atom. The van der Waals surface area contributed by atoms with Crippen LogP contribution in [0.2, 0.25) is 0 Å². The number of benzene rings is 6. The van der Waals surface area contributed by atoms with Crippen LogP contribution < -0.4 is 0 Å². The summed E-state index contributed by atoms with van der Waals surface area (Å²) in [6, 6.07) is 50.9. The number of aryl methyl sites for hydroxylation is 3. The Morgan fingerprint density at radius 1 is 0.472 bits per heavy atom. The number of fused-ring (bicyclic) bond motifs is 3. The fourth-order valence-corrected chi connectivity index (χ4v) is 8.39. The maximum atomic E-state index is 11.7. The number of carbonyl (C=O) groups excluding carboxylic acids is 1. The number of ketones is 1. The van der Waals surface area contributed by atoms with Crippen molar-refractivity contribution in [1.29, 1.82) is 0 Å². The predicted molar refractivity (Wildman–Crippen MR) is 227 cm³/mol. The van der Waals surface area contributed by atoms with E-state index in [0.717, 1.165) is 43.2 Å². The summed E-state index contributed by atoms with van der Waals surface area (Å²) < 4.78 is 0. The number of hydrogen-bond acceptors (Lipinski definition) is 2. The molecule has 3 aliphatic rings. The molecule has 0 heterocycles. The lowest BCUT2D eigenvalue weighted by Gasteiger charge is -2.21. The summed E-state index contributed by atoms with van der Waals surface area (Å²) >= 11 is 3.77. The number of halogens is 1. The van der Waals surface area contributed by atoms with Gasteiger partial charge in [-0.25, -0.2) is 0 Å². The van der Waals surface area contributed by atoms with Gasteiger partial charge in [0.1, 0.15) is 0 Å². The van der Waals surface area contributed by atoms with Gasteiger partial charge in [-0.15, -0.1) is 0 Å². The normalized spacial score (nSPS) is 16.8. The van der Waals surface area contributed by atoms with Gasteiger partial charge in [0.2, 0.25) is 0 Å². The molecule has 9 rings (SSSR count). The molecule has 0 spiro atoms. The summed E-state index contributed by atoms with van der Waals surface area (Å²) in [7, 11) is 0. The quantitative estimate of drug-likeness (QED) is 0.182. The van der Waals surface area contributed by atoms with E-state index < -0.39 is 0 Å². The van der Waals surface area contributed by atoms with Crippen LogP contribution in [0.3, 0.4) is 0 Å². The van der Waals surface area contributed by atoms with Gasteiger partial charge in [0.25, 0.3) is 0 Å². The highest BCUT2D eigenvalue weighted by molar-refractivity contribution is 9.09. The summed E-state index contributed by atoms with van der Waals surface area (Å²) in [5.41, 5.74) is 15.1. The molecule has 0 fully saturated rings. The molecule has 0 aliphatic heterocycles. The van der Waals surface area contributed by atoms with Crippen LogP contribution in [0.5, 0.6) is 0 Å². The van der Waals surface area contributed by atoms with Crippen molar-refractivity contribution in [3.63, 3.8) is 0 Å². The Kier molecular flexibility index (Phi) is 13.7. The van der Waals surface area contributed by atoms with E-state index in [2.05, 4.69) is 131 Å². The van der Waals surface area contributed by atoms with Crippen molar-refractivity contribution in [2.45, 2.75) is 82.6 Å². The standard InChI is InChI=1S/C16H15Br.C16H16O.C16H14O.C2H6/c3*17-16-8-4-7-14-11-13(9-10-15(14)16)12-5-2-1-3-6-12;1-2/h1-3,5-6,9-11,16H,4,7-8H2;1-3,5-6,9-11,16-17H,4,7-8H2;1-3,5-6,9-11H,4,7-8H2;1-2H3. The van der Waals surface area contributed by atoms with E-state index in [1.807, 2.05) is 44.2 Å². The molecule has 0 amide bonds. The van der Waals surface area contributed by atoms with E-state index >= 15 is 0 Å². The van der Waals surface area contributed by atoms with Crippen LogP contribution in [0.25, 0.3) is 33.4 Å². The number of aliphatic hydroxyl groups excluding tert-OH is 1. The van der Waals surface area contributed by atoms with Crippen molar-refractivity contribution in [2.75, 3.05) is 0 Å². The summed E-state index contributed by atoms with van der Waals surface area (Å²) in [6.07, 6.45) is 9.32. The Bertz CT molecular complexity index is 1970. The van der Waals surface area contributed by atoms with Crippen molar-refractivity contribution in [2.24, 2.45) is 0 Å². The minimum atomic E-state index is -0.261. The van der Waals surface area contributed by atoms with Gasteiger partial charge >= 0.3 is 0 Å². The molecule has 6 aromatic rings. The second-order valence-electron chi connectivity index (χ2n) is 13.8. The van der Waals surface area contributed by atoms with Crippen LogP contribution in [0.4, 0.5) is 0 Å². The molecule has 2 atom stereocenters. The highest BCUT2D eigenvalue weighted by atomic mass is 79.9. The van der Waals surface area contributed by atoms with Crippen LogP contribution in [-0.2, 0) is 19.3 Å². The van der Waals surface area contributed by atoms with Crippen LogP contribution in [0.1, 0.15) is 101 Å². The van der Waals surface area contributed by atoms with Crippen molar-refractivity contribution in [3.05, 3.63) is 179 Å². The Labute approximate surface area is 325 Å². The van der Waals surface area contributed by atoms with Gasteiger partial charge in [0.15, 0.2) is 5.78 Å². The molecule has 0 saturated heterocycles. The first kappa shape index (κ1) is 38.2. The highest BCUT2D eigenvalue weighted by Crippen LogP contribution is 2.38. The molecular formula is C50H51BrO2.